The molecule has 0 saturated carbocycles. The van der Waals surface area contributed by atoms with Gasteiger partial charge in [0.25, 0.3) is 0 Å². The van der Waals surface area contributed by atoms with Gasteiger partial charge < -0.3 is 15.0 Å². The summed E-state index contributed by atoms with van der Waals surface area (Å²) in [5.41, 5.74) is 2.97. The van der Waals surface area contributed by atoms with Crippen LogP contribution in [0.5, 0.6) is 5.75 Å². The molecule has 2 N–H and O–H groups in total. The monoisotopic (exact) mass is 386 g/mol. The minimum atomic E-state index is -3.41. The third kappa shape index (κ3) is 3.98. The van der Waals surface area contributed by atoms with E-state index in [0.717, 1.165) is 28.5 Å². The number of carbonyl (C=O) groups is 1. The highest BCUT2D eigenvalue weighted by Gasteiger charge is 2.15. The number of ketones is 1. The van der Waals surface area contributed by atoms with E-state index in [2.05, 4.69) is 10.3 Å². The number of ether oxygens (including phenoxy) is 1. The summed E-state index contributed by atoms with van der Waals surface area (Å²) in [5.74, 6) is 0.679. The van der Waals surface area contributed by atoms with Crippen LogP contribution in [0.3, 0.4) is 0 Å². The number of fused-ring (bicyclic) bond motifs is 1. The molecule has 3 rings (SSSR count). The Hall–Kier alpha value is -2.80. The second kappa shape index (κ2) is 7.44. The van der Waals surface area contributed by atoms with Crippen LogP contribution >= 0.6 is 0 Å². The Bertz CT molecular complexity index is 1100. The fraction of sp³-hybridized carbons (Fsp3) is 0.250. The molecule has 1 aromatic heterocycles. The van der Waals surface area contributed by atoms with Crippen molar-refractivity contribution in [3.8, 4) is 5.75 Å². The zero-order chi connectivity index (χ0) is 19.6. The second-order valence-corrected chi connectivity index (χ2v) is 8.40. The molecule has 7 heteroatoms. The number of hydrogen-bond acceptors (Lipinski definition) is 5. The van der Waals surface area contributed by atoms with Crippen LogP contribution in [0.1, 0.15) is 22.8 Å². The number of Topliss-reactive ketones (excluding diaryl/α,β-unsaturated/α-hetero) is 1. The van der Waals surface area contributed by atoms with E-state index in [4.69, 9.17) is 4.74 Å². The van der Waals surface area contributed by atoms with E-state index >= 15 is 0 Å². The van der Waals surface area contributed by atoms with Gasteiger partial charge in [-0.3, -0.25) is 4.79 Å². The van der Waals surface area contributed by atoms with Crippen LogP contribution in [-0.4, -0.2) is 39.1 Å². The summed E-state index contributed by atoms with van der Waals surface area (Å²) in [4.78, 5) is 15.0. The normalized spacial score (nSPS) is 11.5. The van der Waals surface area contributed by atoms with Crippen molar-refractivity contribution >= 4 is 32.2 Å². The average molecular weight is 386 g/mol. The molecule has 0 aliphatic heterocycles. The molecular formula is C20H22N2O4S. The van der Waals surface area contributed by atoms with Crippen molar-refractivity contribution < 1.29 is 17.9 Å². The SMILES string of the molecule is COc1cccc2[nH]cc(CCNc3cc(C(C)=O)ccc3S(C)(=O)=O)c12. The van der Waals surface area contributed by atoms with E-state index in [0.29, 0.717) is 24.2 Å². The molecule has 3 aromatic rings. The highest BCUT2D eigenvalue weighted by Crippen LogP contribution is 2.29. The van der Waals surface area contributed by atoms with Gasteiger partial charge in [-0.2, -0.15) is 0 Å². The van der Waals surface area contributed by atoms with Crippen molar-refractivity contribution in [3.63, 3.8) is 0 Å². The third-order valence-corrected chi connectivity index (χ3v) is 5.62. The molecule has 0 radical (unpaired) electrons. The maximum absolute atomic E-state index is 12.0. The van der Waals surface area contributed by atoms with Gasteiger partial charge in [-0.25, -0.2) is 8.42 Å². The van der Waals surface area contributed by atoms with E-state index in [9.17, 15) is 13.2 Å². The molecule has 27 heavy (non-hydrogen) atoms. The molecular weight excluding hydrogens is 364 g/mol. The van der Waals surface area contributed by atoms with Crippen molar-refractivity contribution in [2.45, 2.75) is 18.2 Å². The molecule has 0 saturated heterocycles. The van der Waals surface area contributed by atoms with Crippen LogP contribution in [0, 0.1) is 0 Å². The molecule has 0 amide bonds. The smallest absolute Gasteiger partial charge is 0.177 e. The van der Waals surface area contributed by atoms with Gasteiger partial charge in [0.1, 0.15) is 5.75 Å². The molecule has 6 nitrogen and oxygen atoms in total. The molecule has 1 heterocycles. The lowest BCUT2D eigenvalue weighted by atomic mass is 10.1. The Kier molecular flexibility index (Phi) is 5.23. The molecule has 142 valence electrons. The molecule has 0 aliphatic carbocycles. The average Bonchev–Trinajstić information content (AvgIpc) is 3.04. The van der Waals surface area contributed by atoms with Gasteiger partial charge in [0.05, 0.1) is 17.7 Å². The quantitative estimate of drug-likeness (QED) is 0.607. The highest BCUT2D eigenvalue weighted by molar-refractivity contribution is 7.90. The maximum atomic E-state index is 12.0. The lowest BCUT2D eigenvalue weighted by molar-refractivity contribution is 0.101. The first-order valence-corrected chi connectivity index (χ1v) is 10.4. The standard InChI is InChI=1S/C20H22N2O4S/c1-13(23)14-7-8-19(27(3,24)25)17(11-14)21-10-9-15-12-22-16-5-4-6-18(26-2)20(15)16/h4-8,11-12,21-22H,9-10H2,1-3H3. The zero-order valence-electron chi connectivity index (χ0n) is 15.5. The summed E-state index contributed by atoms with van der Waals surface area (Å²) in [6.45, 7) is 1.96. The lowest BCUT2D eigenvalue weighted by Crippen LogP contribution is -2.10. The van der Waals surface area contributed by atoms with Gasteiger partial charge in [-0.1, -0.05) is 6.07 Å². The third-order valence-electron chi connectivity index (χ3n) is 4.46. The van der Waals surface area contributed by atoms with Gasteiger partial charge >= 0.3 is 0 Å². The number of nitrogens with one attached hydrogen (secondary N) is 2. The maximum Gasteiger partial charge on any atom is 0.177 e. The topological polar surface area (TPSA) is 88.3 Å². The first-order valence-electron chi connectivity index (χ1n) is 8.53. The second-order valence-electron chi connectivity index (χ2n) is 6.41. The van der Waals surface area contributed by atoms with E-state index < -0.39 is 9.84 Å². The van der Waals surface area contributed by atoms with Gasteiger partial charge in [0.2, 0.25) is 0 Å². The van der Waals surface area contributed by atoms with Gasteiger partial charge in [-0.05, 0) is 49.2 Å². The first kappa shape index (κ1) is 19.0. The number of H-pyrrole nitrogens is 1. The van der Waals surface area contributed by atoms with Crippen LogP contribution in [-0.2, 0) is 16.3 Å². The number of aromatic nitrogens is 1. The number of benzene rings is 2. The van der Waals surface area contributed by atoms with Crippen LogP contribution in [0.2, 0.25) is 0 Å². The Balaban J connectivity index is 1.85. The summed E-state index contributed by atoms with van der Waals surface area (Å²) in [6.07, 6.45) is 3.75. The van der Waals surface area contributed by atoms with Crippen molar-refractivity contribution in [3.05, 3.63) is 53.7 Å². The number of hydrogen-bond donors (Lipinski definition) is 2. The minimum Gasteiger partial charge on any atom is -0.496 e. The lowest BCUT2D eigenvalue weighted by Gasteiger charge is -2.12. The van der Waals surface area contributed by atoms with Crippen LogP contribution in [0.4, 0.5) is 5.69 Å². The van der Waals surface area contributed by atoms with Crippen molar-refractivity contribution in [2.24, 2.45) is 0 Å². The van der Waals surface area contributed by atoms with Gasteiger partial charge in [-0.15, -0.1) is 0 Å². The van der Waals surface area contributed by atoms with E-state index in [-0.39, 0.29) is 10.7 Å². The first-order chi connectivity index (χ1) is 12.8. The van der Waals surface area contributed by atoms with Crippen LogP contribution < -0.4 is 10.1 Å². The molecule has 0 spiro atoms. The largest absolute Gasteiger partial charge is 0.496 e. The summed E-state index contributed by atoms with van der Waals surface area (Å²) >= 11 is 0. The molecule has 0 fully saturated rings. The van der Waals surface area contributed by atoms with Crippen molar-refractivity contribution in [1.82, 2.24) is 4.98 Å². The van der Waals surface area contributed by atoms with Gasteiger partial charge in [0, 0.05) is 35.5 Å². The van der Waals surface area contributed by atoms with Crippen LogP contribution in [0.15, 0.2) is 47.5 Å². The summed E-state index contributed by atoms with van der Waals surface area (Å²) in [6, 6.07) is 10.4. The molecule has 0 atom stereocenters. The van der Waals surface area contributed by atoms with Crippen molar-refractivity contribution in [2.75, 3.05) is 25.2 Å². The van der Waals surface area contributed by atoms with E-state index in [1.54, 1.807) is 13.2 Å². The van der Waals surface area contributed by atoms with Crippen LogP contribution in [0.25, 0.3) is 10.9 Å². The predicted octanol–water partition coefficient (Wildman–Crippen LogP) is 3.44. The summed E-state index contributed by atoms with van der Waals surface area (Å²) < 4.78 is 29.5. The number of aromatic amines is 1. The zero-order valence-corrected chi connectivity index (χ0v) is 16.3. The minimum absolute atomic E-state index is 0.112. The number of methoxy groups -OCH3 is 1. The highest BCUT2D eigenvalue weighted by atomic mass is 32.2. The fourth-order valence-corrected chi connectivity index (χ4v) is 3.98. The Morgan fingerprint density at radius 1 is 1.22 bits per heavy atom. The predicted molar refractivity (Wildman–Crippen MR) is 107 cm³/mol. The molecule has 2 aromatic carbocycles. The molecule has 0 aliphatic rings. The number of sulfone groups is 1. The summed E-state index contributed by atoms with van der Waals surface area (Å²) in [5, 5.41) is 4.19. The Morgan fingerprint density at radius 2 is 2.00 bits per heavy atom. The van der Waals surface area contributed by atoms with E-state index in [1.165, 1.54) is 19.1 Å². The Labute approximate surface area is 158 Å². The fourth-order valence-electron chi connectivity index (χ4n) is 3.13. The molecule has 0 unspecified atom stereocenters. The van der Waals surface area contributed by atoms with Crippen molar-refractivity contribution in [1.29, 1.82) is 0 Å². The van der Waals surface area contributed by atoms with E-state index in [1.807, 2.05) is 24.4 Å². The number of anilines is 1. The molecule has 0 bridgehead atoms. The van der Waals surface area contributed by atoms with Gasteiger partial charge in [0.15, 0.2) is 15.6 Å². The Morgan fingerprint density at radius 3 is 2.67 bits per heavy atom. The summed E-state index contributed by atoms with van der Waals surface area (Å²) in [7, 11) is -1.77. The number of rotatable bonds is 7. The number of carbonyl (C=O) groups excluding carboxylic acids is 1.